The highest BCUT2D eigenvalue weighted by molar-refractivity contribution is 5.98. The molecule has 16 heteroatoms. The minimum absolute atomic E-state index is 0.0105. The molecule has 2 saturated heterocycles. The molecule has 0 unspecified atom stereocenters. The summed E-state index contributed by atoms with van der Waals surface area (Å²) in [7, 11) is 6.85. The van der Waals surface area contributed by atoms with Crippen LogP contribution in [-0.4, -0.2) is 134 Å². The average molecular weight is 994 g/mol. The highest BCUT2D eigenvalue weighted by Crippen LogP contribution is 2.41. The smallest absolute Gasteiger partial charge is 0.407 e. The van der Waals surface area contributed by atoms with Gasteiger partial charge in [0.25, 0.3) is 0 Å². The van der Waals surface area contributed by atoms with Crippen LogP contribution in [0.1, 0.15) is 96.3 Å². The van der Waals surface area contributed by atoms with Gasteiger partial charge in [0.05, 0.1) is 42.7 Å². The predicted molar refractivity (Wildman–Crippen MR) is 276 cm³/mol. The molecule has 2 heterocycles. The van der Waals surface area contributed by atoms with Crippen LogP contribution in [0.3, 0.4) is 0 Å². The van der Waals surface area contributed by atoms with Crippen molar-refractivity contribution in [1.82, 2.24) is 30.7 Å². The summed E-state index contributed by atoms with van der Waals surface area (Å²) in [5.74, 6) is -2.01. The van der Waals surface area contributed by atoms with Crippen LogP contribution in [-0.2, 0) is 57.8 Å². The van der Waals surface area contributed by atoms with E-state index < -0.39 is 60.2 Å². The lowest BCUT2D eigenvalue weighted by Gasteiger charge is -2.41. The van der Waals surface area contributed by atoms with Crippen LogP contribution in [0, 0.1) is 23.7 Å². The summed E-state index contributed by atoms with van der Waals surface area (Å²) < 4.78 is 17.5. The van der Waals surface area contributed by atoms with E-state index in [9.17, 15) is 28.8 Å². The molecule has 2 bridgehead atoms. The van der Waals surface area contributed by atoms with Crippen molar-refractivity contribution in [2.24, 2.45) is 23.7 Å². The lowest BCUT2D eigenvalue weighted by molar-refractivity contribution is -0.148. The fourth-order valence-electron chi connectivity index (χ4n) is 11.1. The standard InChI is InChI=1S/C56H79N7O9/c1-10-36(4)49(62(7)55(68)48(35(2)3)60-54(67)50-41-25-28-43(31-41)61(50)6)46(70-8)32-47(64)63-29-17-22-45(63)51(71-9)37(5)52(65)59-44(30-38-18-13-11-14-19-38)53(66)58-42-26-23-39(24-27-42)33-57-56(69)72-34-40-20-15-12-16-21-40/h11-16,18-21,23-24,26-27,35-37,41,43-46,48-51H,10,17,22,25,28-34H2,1-9H3,(H,57,69)(H,58,66)(H,59,65)(H,60,67)/t36-,37+,41-,43+,44-,45-,46+,48-,49-,50-,51+/m0/s1. The first-order valence-electron chi connectivity index (χ1n) is 25.9. The third-order valence-corrected chi connectivity index (χ3v) is 15.5. The number of rotatable bonds is 24. The topological polar surface area (TPSA) is 188 Å². The molecule has 2 aliphatic heterocycles. The molecule has 3 aromatic carbocycles. The molecule has 1 saturated carbocycles. The molecule has 11 atom stereocenters. The zero-order chi connectivity index (χ0) is 52.1. The lowest BCUT2D eigenvalue weighted by Crippen LogP contribution is -2.60. The summed E-state index contributed by atoms with van der Waals surface area (Å²) in [4.78, 5) is 89.0. The summed E-state index contributed by atoms with van der Waals surface area (Å²) in [6.07, 6.45) is 3.46. The van der Waals surface area contributed by atoms with E-state index in [1.165, 1.54) is 7.11 Å². The lowest BCUT2D eigenvalue weighted by atomic mass is 9.89. The molecule has 6 amide bonds. The molecular formula is C56H79N7O9. The van der Waals surface area contributed by atoms with Gasteiger partial charge in [-0.1, -0.05) is 114 Å². The van der Waals surface area contributed by atoms with Crippen molar-refractivity contribution >= 4 is 41.3 Å². The number of methoxy groups -OCH3 is 2. The number of likely N-dealkylation sites (N-methyl/N-ethyl adjacent to an activating group) is 2. The first-order chi connectivity index (χ1) is 34.5. The molecule has 3 aromatic rings. The Morgan fingerprint density at radius 3 is 2.06 bits per heavy atom. The third-order valence-electron chi connectivity index (χ3n) is 15.5. The number of piperidine rings is 1. The second-order valence-corrected chi connectivity index (χ2v) is 20.5. The molecule has 0 spiro atoms. The SMILES string of the molecule is CC[C@H](C)[C@@H]([C@@H](CC(=O)N1CCC[C@H]1[C@H](OC)[C@@H](C)C(=O)N[C@@H](Cc1ccccc1)C(=O)Nc1ccc(CNC(=O)OCc2ccccc2)cc1)OC)N(C)C(=O)[C@@H](NC(=O)[C@@H]1[C@H]2CC[C@H](C2)N1C)C(C)C. The van der Waals surface area contributed by atoms with Crippen molar-refractivity contribution in [3.63, 3.8) is 0 Å². The van der Waals surface area contributed by atoms with Crippen LogP contribution in [0.15, 0.2) is 84.9 Å². The third kappa shape index (κ3) is 14.0. The van der Waals surface area contributed by atoms with Crippen LogP contribution < -0.4 is 21.3 Å². The highest BCUT2D eigenvalue weighted by atomic mass is 16.5. The van der Waals surface area contributed by atoms with Crippen LogP contribution in [0.4, 0.5) is 10.5 Å². The molecule has 16 nitrogen and oxygen atoms in total. The molecule has 0 radical (unpaired) electrons. The molecule has 6 rings (SSSR count). The number of likely N-dealkylation sites (tertiary alicyclic amines) is 2. The Hall–Kier alpha value is -5.84. The molecule has 1 aliphatic carbocycles. The number of hydrogen-bond donors (Lipinski definition) is 4. The van der Waals surface area contributed by atoms with Crippen molar-refractivity contribution in [2.75, 3.05) is 40.2 Å². The molecule has 72 heavy (non-hydrogen) atoms. The molecular weight excluding hydrogens is 915 g/mol. The second kappa shape index (κ2) is 26.2. The van der Waals surface area contributed by atoms with Crippen LogP contribution in [0.2, 0.25) is 0 Å². The first-order valence-corrected chi connectivity index (χ1v) is 25.9. The van der Waals surface area contributed by atoms with Crippen molar-refractivity contribution < 1.29 is 43.0 Å². The van der Waals surface area contributed by atoms with Gasteiger partial charge < -0.3 is 45.3 Å². The second-order valence-electron chi connectivity index (χ2n) is 20.5. The van der Waals surface area contributed by atoms with Crippen molar-refractivity contribution in [2.45, 2.75) is 148 Å². The van der Waals surface area contributed by atoms with Gasteiger partial charge in [0.15, 0.2) is 0 Å². The number of anilines is 1. The summed E-state index contributed by atoms with van der Waals surface area (Å²) >= 11 is 0. The van der Waals surface area contributed by atoms with E-state index >= 15 is 0 Å². The van der Waals surface area contributed by atoms with E-state index in [0.717, 1.165) is 42.4 Å². The average Bonchev–Trinajstić information content (AvgIpc) is 4.15. The maximum atomic E-state index is 14.5. The largest absolute Gasteiger partial charge is 0.445 e. The zero-order valence-electron chi connectivity index (χ0n) is 43.8. The molecule has 3 fully saturated rings. The van der Waals surface area contributed by atoms with E-state index in [-0.39, 0.29) is 61.6 Å². The highest BCUT2D eigenvalue weighted by Gasteiger charge is 2.49. The maximum Gasteiger partial charge on any atom is 0.407 e. The molecule has 4 N–H and O–H groups in total. The summed E-state index contributed by atoms with van der Waals surface area (Å²) in [5.41, 5.74) is 3.04. The van der Waals surface area contributed by atoms with Crippen LogP contribution in [0.25, 0.3) is 0 Å². The molecule has 0 aromatic heterocycles. The van der Waals surface area contributed by atoms with Gasteiger partial charge >= 0.3 is 6.09 Å². The number of carbonyl (C=O) groups excluding carboxylic acids is 6. The van der Waals surface area contributed by atoms with E-state index in [1.54, 1.807) is 55.1 Å². The van der Waals surface area contributed by atoms with E-state index in [2.05, 4.69) is 26.2 Å². The van der Waals surface area contributed by atoms with Gasteiger partial charge in [-0.15, -0.1) is 0 Å². The van der Waals surface area contributed by atoms with Gasteiger partial charge in [-0.2, -0.15) is 0 Å². The maximum absolute atomic E-state index is 14.5. The van der Waals surface area contributed by atoms with Gasteiger partial charge in [0.1, 0.15) is 18.7 Å². The Morgan fingerprint density at radius 1 is 0.792 bits per heavy atom. The fourth-order valence-corrected chi connectivity index (χ4v) is 11.1. The van der Waals surface area contributed by atoms with Gasteiger partial charge in [-0.05, 0) is 85.7 Å². The Bertz CT molecular complexity index is 2260. The number of carbonyl (C=O) groups is 6. The van der Waals surface area contributed by atoms with E-state index in [1.807, 2.05) is 95.4 Å². The predicted octanol–water partition coefficient (Wildman–Crippen LogP) is 6.32. The number of nitrogens with one attached hydrogen (secondary N) is 4. The summed E-state index contributed by atoms with van der Waals surface area (Å²) in [6, 6.07) is 23.4. The fraction of sp³-hybridized carbons (Fsp3) is 0.571. The van der Waals surface area contributed by atoms with Crippen molar-refractivity contribution in [3.05, 3.63) is 102 Å². The van der Waals surface area contributed by atoms with Crippen LogP contribution >= 0.6 is 0 Å². The summed E-state index contributed by atoms with van der Waals surface area (Å²) in [6.45, 7) is 10.6. The monoisotopic (exact) mass is 994 g/mol. The zero-order valence-corrected chi connectivity index (χ0v) is 43.8. The quantitative estimate of drug-likeness (QED) is 0.0791. The van der Waals surface area contributed by atoms with Crippen molar-refractivity contribution in [3.8, 4) is 0 Å². The molecule has 3 aliphatic rings. The number of nitrogens with zero attached hydrogens (tertiary/aromatic N) is 3. The van der Waals surface area contributed by atoms with Gasteiger partial charge in [-0.25, -0.2) is 4.79 Å². The normalized spacial score (nSPS) is 21.4. The van der Waals surface area contributed by atoms with Crippen LogP contribution in [0.5, 0.6) is 0 Å². The number of alkyl carbamates (subject to hydrolysis) is 1. The Morgan fingerprint density at radius 2 is 1.46 bits per heavy atom. The molecule has 392 valence electrons. The Balaban J connectivity index is 1.08. The van der Waals surface area contributed by atoms with Gasteiger partial charge in [0.2, 0.25) is 29.5 Å². The number of hydrogen-bond acceptors (Lipinski definition) is 10. The van der Waals surface area contributed by atoms with Crippen molar-refractivity contribution in [1.29, 1.82) is 0 Å². The van der Waals surface area contributed by atoms with Gasteiger partial charge in [-0.3, -0.25) is 28.9 Å². The number of benzene rings is 3. The first kappa shape index (κ1) is 55.5. The number of ether oxygens (including phenoxy) is 3. The van der Waals surface area contributed by atoms with E-state index in [0.29, 0.717) is 37.0 Å². The summed E-state index contributed by atoms with van der Waals surface area (Å²) in [5, 5.41) is 11.8. The minimum Gasteiger partial charge on any atom is -0.445 e. The number of fused-ring (bicyclic) bond motifs is 2. The van der Waals surface area contributed by atoms with E-state index in [4.69, 9.17) is 14.2 Å². The van der Waals surface area contributed by atoms with Gasteiger partial charge in [0, 0.05) is 52.5 Å². The Kier molecular flexibility index (Phi) is 20.2. The Labute approximate surface area is 426 Å². The minimum atomic E-state index is -0.954. The number of amides is 6.